The molecule has 3 heteroatoms. The van der Waals surface area contributed by atoms with E-state index in [4.69, 9.17) is 9.47 Å². The predicted octanol–water partition coefficient (Wildman–Crippen LogP) is 4.46. The van der Waals surface area contributed by atoms with Gasteiger partial charge < -0.3 is 9.47 Å². The number of hydrogen-bond donors (Lipinski definition) is 0. The first-order valence-corrected chi connectivity index (χ1v) is 10.1. The van der Waals surface area contributed by atoms with Crippen molar-refractivity contribution in [3.8, 4) is 0 Å². The van der Waals surface area contributed by atoms with Gasteiger partial charge in [-0.2, -0.15) is 0 Å². The van der Waals surface area contributed by atoms with Gasteiger partial charge in [0.05, 0.1) is 0 Å². The van der Waals surface area contributed by atoms with Crippen LogP contribution in [0.1, 0.15) is 85.0 Å². The molecule has 0 aromatic carbocycles. The molecule has 0 fully saturated rings. The van der Waals surface area contributed by atoms with Crippen LogP contribution in [0.25, 0.3) is 0 Å². The summed E-state index contributed by atoms with van der Waals surface area (Å²) in [6.07, 6.45) is 14.0. The van der Waals surface area contributed by atoms with E-state index in [-0.39, 0.29) is 6.29 Å². The number of rotatable bonds is 15. The Bertz CT molecular complexity index is 182. The molecule has 0 aromatic heterocycles. The summed E-state index contributed by atoms with van der Waals surface area (Å²) in [7, 11) is 1.17. The molecule has 0 saturated carbocycles. The highest BCUT2D eigenvalue weighted by atomic mass is 28.1. The topological polar surface area (TPSA) is 18.5 Å². The Morgan fingerprint density at radius 2 is 1.15 bits per heavy atom. The Morgan fingerprint density at radius 1 is 0.700 bits per heavy atom. The quantitative estimate of drug-likeness (QED) is 0.253. The third kappa shape index (κ3) is 11.9. The van der Waals surface area contributed by atoms with E-state index in [2.05, 4.69) is 20.8 Å². The smallest absolute Gasteiger partial charge is 0.157 e. The van der Waals surface area contributed by atoms with E-state index in [1.54, 1.807) is 0 Å². The highest BCUT2D eigenvalue weighted by molar-refractivity contribution is 6.11. The average Bonchev–Trinajstić information content (AvgIpc) is 2.45. The lowest BCUT2D eigenvalue weighted by Gasteiger charge is -2.23. The standard InChI is InChI=1S/C17H38O2Si/c1-4-7-8-9-10-11-12-13-14-15-16(20)17(18-5-2)19-6-3/h16-17H,4-15H2,1-3,20H3. The zero-order chi connectivity index (χ0) is 15.1. The van der Waals surface area contributed by atoms with Gasteiger partial charge in [-0.15, -0.1) is 0 Å². The minimum atomic E-state index is 0.0608. The summed E-state index contributed by atoms with van der Waals surface area (Å²) in [6, 6.07) is 0. The molecule has 1 unspecified atom stereocenters. The first kappa shape index (κ1) is 20.1. The Labute approximate surface area is 130 Å². The van der Waals surface area contributed by atoms with E-state index >= 15 is 0 Å². The highest BCUT2D eigenvalue weighted by Crippen LogP contribution is 2.21. The number of unbranched alkanes of at least 4 members (excludes halogenated alkanes) is 8. The van der Waals surface area contributed by atoms with Crippen molar-refractivity contribution < 1.29 is 9.47 Å². The van der Waals surface area contributed by atoms with E-state index in [9.17, 15) is 0 Å². The van der Waals surface area contributed by atoms with Crippen LogP contribution in [0.2, 0.25) is 5.54 Å². The lowest BCUT2D eigenvalue weighted by atomic mass is 10.1. The van der Waals surface area contributed by atoms with Gasteiger partial charge in [0.15, 0.2) is 6.29 Å². The second kappa shape index (κ2) is 15.5. The minimum absolute atomic E-state index is 0.0608. The molecule has 0 aliphatic carbocycles. The van der Waals surface area contributed by atoms with Crippen molar-refractivity contribution in [3.63, 3.8) is 0 Å². The van der Waals surface area contributed by atoms with E-state index in [0.717, 1.165) is 13.2 Å². The molecule has 0 rings (SSSR count). The van der Waals surface area contributed by atoms with E-state index in [1.165, 1.54) is 74.5 Å². The summed E-state index contributed by atoms with van der Waals surface area (Å²) in [5.41, 5.74) is 0.652. The fraction of sp³-hybridized carbons (Fsp3) is 1.00. The molecule has 0 N–H and O–H groups in total. The molecular weight excluding hydrogens is 264 g/mol. The number of hydrogen-bond acceptors (Lipinski definition) is 2. The van der Waals surface area contributed by atoms with Crippen molar-refractivity contribution in [2.45, 2.75) is 96.8 Å². The molecule has 0 saturated heterocycles. The number of ether oxygens (including phenoxy) is 2. The molecule has 0 radical (unpaired) electrons. The third-order valence-electron chi connectivity index (χ3n) is 3.89. The molecule has 0 amide bonds. The zero-order valence-corrected chi connectivity index (χ0v) is 16.5. The second-order valence-electron chi connectivity index (χ2n) is 5.87. The molecule has 0 spiro atoms. The SMILES string of the molecule is CCCCCCCCCCCC([SiH3])C(OCC)OCC. The maximum Gasteiger partial charge on any atom is 0.157 e. The van der Waals surface area contributed by atoms with Crippen LogP contribution in [0.4, 0.5) is 0 Å². The van der Waals surface area contributed by atoms with Crippen LogP contribution in [0.3, 0.4) is 0 Å². The Hall–Kier alpha value is 0.137. The lowest BCUT2D eigenvalue weighted by molar-refractivity contribution is -0.139. The summed E-state index contributed by atoms with van der Waals surface area (Å²) in [6.45, 7) is 7.92. The summed E-state index contributed by atoms with van der Waals surface area (Å²) in [4.78, 5) is 0. The fourth-order valence-corrected chi connectivity index (χ4v) is 3.41. The predicted molar refractivity (Wildman–Crippen MR) is 92.6 cm³/mol. The Balaban J connectivity index is 3.43. The van der Waals surface area contributed by atoms with Crippen LogP contribution in [0.15, 0.2) is 0 Å². The van der Waals surface area contributed by atoms with Crippen molar-refractivity contribution in [1.29, 1.82) is 0 Å². The monoisotopic (exact) mass is 302 g/mol. The zero-order valence-electron chi connectivity index (χ0n) is 14.5. The van der Waals surface area contributed by atoms with E-state index < -0.39 is 0 Å². The lowest BCUT2D eigenvalue weighted by Crippen LogP contribution is -2.23. The fourth-order valence-electron chi connectivity index (χ4n) is 2.62. The van der Waals surface area contributed by atoms with Gasteiger partial charge in [-0.3, -0.25) is 0 Å². The molecule has 0 bridgehead atoms. The van der Waals surface area contributed by atoms with Gasteiger partial charge in [0.2, 0.25) is 0 Å². The molecule has 0 heterocycles. The van der Waals surface area contributed by atoms with Crippen LogP contribution >= 0.6 is 0 Å². The van der Waals surface area contributed by atoms with Gasteiger partial charge >= 0.3 is 0 Å². The van der Waals surface area contributed by atoms with Crippen molar-refractivity contribution in [2.24, 2.45) is 0 Å². The molecule has 0 aliphatic heterocycles. The van der Waals surface area contributed by atoms with Gasteiger partial charge in [-0.25, -0.2) is 0 Å². The molecule has 0 aliphatic rings. The van der Waals surface area contributed by atoms with Crippen LogP contribution in [-0.2, 0) is 9.47 Å². The Morgan fingerprint density at radius 3 is 1.60 bits per heavy atom. The van der Waals surface area contributed by atoms with Gasteiger partial charge in [0.25, 0.3) is 0 Å². The maximum absolute atomic E-state index is 5.69. The van der Waals surface area contributed by atoms with Crippen LogP contribution in [0.5, 0.6) is 0 Å². The minimum Gasteiger partial charge on any atom is -0.353 e. The van der Waals surface area contributed by atoms with Crippen molar-refractivity contribution >= 4 is 10.2 Å². The molecule has 2 nitrogen and oxygen atoms in total. The summed E-state index contributed by atoms with van der Waals surface area (Å²) in [5, 5.41) is 0. The third-order valence-corrected chi connectivity index (χ3v) is 5.01. The largest absolute Gasteiger partial charge is 0.353 e. The van der Waals surface area contributed by atoms with Gasteiger partial charge in [-0.05, 0) is 25.8 Å². The molecular formula is C17H38O2Si. The van der Waals surface area contributed by atoms with Gasteiger partial charge in [0, 0.05) is 23.5 Å². The normalized spacial score (nSPS) is 13.2. The average molecular weight is 303 g/mol. The first-order valence-electron chi connectivity index (χ1n) is 8.99. The maximum atomic E-state index is 5.69. The van der Waals surface area contributed by atoms with Crippen molar-refractivity contribution in [1.82, 2.24) is 0 Å². The first-order chi connectivity index (χ1) is 9.76. The molecule has 0 aromatic rings. The van der Waals surface area contributed by atoms with Crippen LogP contribution in [0, 0.1) is 0 Å². The second-order valence-corrected chi connectivity index (χ2v) is 7.36. The van der Waals surface area contributed by atoms with Gasteiger partial charge in [0.1, 0.15) is 0 Å². The summed E-state index contributed by atoms with van der Waals surface area (Å²) in [5.74, 6) is 0. The summed E-state index contributed by atoms with van der Waals surface area (Å²) < 4.78 is 11.4. The molecule has 122 valence electrons. The van der Waals surface area contributed by atoms with E-state index in [0.29, 0.717) is 5.54 Å². The molecule has 20 heavy (non-hydrogen) atoms. The van der Waals surface area contributed by atoms with Crippen LogP contribution in [-0.4, -0.2) is 29.7 Å². The highest BCUT2D eigenvalue weighted by Gasteiger charge is 2.16. The molecule has 1 atom stereocenters. The van der Waals surface area contributed by atoms with E-state index in [1.807, 2.05) is 0 Å². The van der Waals surface area contributed by atoms with Crippen molar-refractivity contribution in [3.05, 3.63) is 0 Å². The Kier molecular flexibility index (Phi) is 15.6. The summed E-state index contributed by atoms with van der Waals surface area (Å²) >= 11 is 0. The van der Waals surface area contributed by atoms with Crippen LogP contribution < -0.4 is 0 Å². The van der Waals surface area contributed by atoms with Crippen molar-refractivity contribution in [2.75, 3.05) is 13.2 Å². The van der Waals surface area contributed by atoms with Gasteiger partial charge in [-0.1, -0.05) is 64.7 Å².